The van der Waals surface area contributed by atoms with Crippen LogP contribution in [-0.4, -0.2) is 12.6 Å². The van der Waals surface area contributed by atoms with E-state index in [0.717, 1.165) is 5.56 Å². The van der Waals surface area contributed by atoms with Gasteiger partial charge in [-0.2, -0.15) is 0 Å². The molecule has 0 aliphatic carbocycles. The molecule has 0 aliphatic rings. The molecular formula is C25H20O6. The molecule has 6 heteroatoms. The highest BCUT2D eigenvalue weighted by Gasteiger charge is 2.14. The standard InChI is InChI=1S/C25H20O6/c1-2-28-20-10-6-7-11-21(20)31-23-16-29-22-15-18(12-13-19(22)25(23)27)30-24(26)14-17-8-4-3-5-9-17/h3-13,15-16H,2,14H2,1H3. The van der Waals surface area contributed by atoms with Gasteiger partial charge in [-0.15, -0.1) is 0 Å². The zero-order valence-corrected chi connectivity index (χ0v) is 16.9. The molecule has 31 heavy (non-hydrogen) atoms. The highest BCUT2D eigenvalue weighted by atomic mass is 16.5. The lowest BCUT2D eigenvalue weighted by Crippen LogP contribution is -2.11. The van der Waals surface area contributed by atoms with E-state index in [1.54, 1.807) is 30.3 Å². The number of fused-ring (bicyclic) bond motifs is 1. The maximum Gasteiger partial charge on any atom is 0.315 e. The van der Waals surface area contributed by atoms with Gasteiger partial charge in [0, 0.05) is 6.07 Å². The number of rotatable bonds is 7. The SMILES string of the molecule is CCOc1ccccc1Oc1coc2cc(OC(=O)Cc3ccccc3)ccc2c1=O. The Balaban J connectivity index is 1.54. The van der Waals surface area contributed by atoms with Crippen molar-refractivity contribution in [1.82, 2.24) is 0 Å². The first-order chi connectivity index (χ1) is 15.1. The molecule has 0 fully saturated rings. The largest absolute Gasteiger partial charge is 0.490 e. The van der Waals surface area contributed by atoms with E-state index in [9.17, 15) is 9.59 Å². The molecule has 0 bridgehead atoms. The number of hydrogen-bond acceptors (Lipinski definition) is 6. The van der Waals surface area contributed by atoms with Crippen LogP contribution in [0, 0.1) is 0 Å². The third kappa shape index (κ3) is 4.75. The monoisotopic (exact) mass is 416 g/mol. The first-order valence-electron chi connectivity index (χ1n) is 9.84. The van der Waals surface area contributed by atoms with Gasteiger partial charge in [-0.05, 0) is 36.8 Å². The summed E-state index contributed by atoms with van der Waals surface area (Å²) in [4.78, 5) is 25.0. The van der Waals surface area contributed by atoms with Crippen molar-refractivity contribution in [3.05, 3.63) is 94.8 Å². The Morgan fingerprint density at radius 3 is 2.42 bits per heavy atom. The number of para-hydroxylation sites is 2. The van der Waals surface area contributed by atoms with E-state index in [0.29, 0.717) is 34.8 Å². The van der Waals surface area contributed by atoms with Crippen molar-refractivity contribution in [2.45, 2.75) is 13.3 Å². The fourth-order valence-electron chi connectivity index (χ4n) is 3.08. The van der Waals surface area contributed by atoms with Crippen molar-refractivity contribution in [3.63, 3.8) is 0 Å². The number of benzene rings is 3. The summed E-state index contributed by atoms with van der Waals surface area (Å²) in [5, 5.41) is 0.314. The van der Waals surface area contributed by atoms with Crippen molar-refractivity contribution >= 4 is 16.9 Å². The number of ether oxygens (including phenoxy) is 3. The molecule has 1 aromatic heterocycles. The van der Waals surface area contributed by atoms with Crippen LogP contribution >= 0.6 is 0 Å². The maximum absolute atomic E-state index is 12.8. The zero-order valence-electron chi connectivity index (χ0n) is 16.9. The normalized spacial score (nSPS) is 10.6. The van der Waals surface area contributed by atoms with Gasteiger partial charge in [-0.3, -0.25) is 9.59 Å². The lowest BCUT2D eigenvalue weighted by Gasteiger charge is -2.11. The van der Waals surface area contributed by atoms with E-state index in [2.05, 4.69) is 0 Å². The van der Waals surface area contributed by atoms with Gasteiger partial charge < -0.3 is 18.6 Å². The number of carbonyl (C=O) groups excluding carboxylic acids is 1. The van der Waals surface area contributed by atoms with E-state index in [1.807, 2.05) is 43.3 Å². The summed E-state index contributed by atoms with van der Waals surface area (Å²) in [7, 11) is 0. The first-order valence-corrected chi connectivity index (χ1v) is 9.84. The second-order valence-corrected chi connectivity index (χ2v) is 6.71. The van der Waals surface area contributed by atoms with Gasteiger partial charge in [0.25, 0.3) is 0 Å². The van der Waals surface area contributed by atoms with Crippen molar-refractivity contribution in [1.29, 1.82) is 0 Å². The topological polar surface area (TPSA) is 75.0 Å². The average Bonchev–Trinajstić information content (AvgIpc) is 2.78. The highest BCUT2D eigenvalue weighted by Crippen LogP contribution is 2.31. The van der Waals surface area contributed by atoms with E-state index >= 15 is 0 Å². The van der Waals surface area contributed by atoms with Crippen LogP contribution in [0.2, 0.25) is 0 Å². The molecule has 1 heterocycles. The minimum atomic E-state index is -0.402. The summed E-state index contributed by atoms with van der Waals surface area (Å²) in [6.07, 6.45) is 1.39. The Labute approximate surface area is 178 Å². The van der Waals surface area contributed by atoms with Gasteiger partial charge in [0.15, 0.2) is 11.5 Å². The first kappa shape index (κ1) is 20.2. The van der Waals surface area contributed by atoms with Gasteiger partial charge in [0.05, 0.1) is 18.4 Å². The quantitative estimate of drug-likeness (QED) is 0.307. The predicted molar refractivity (Wildman–Crippen MR) is 116 cm³/mol. The third-order valence-electron chi connectivity index (χ3n) is 4.51. The average molecular weight is 416 g/mol. The van der Waals surface area contributed by atoms with E-state index in [4.69, 9.17) is 18.6 Å². The summed E-state index contributed by atoms with van der Waals surface area (Å²) in [6.45, 7) is 2.34. The molecule has 3 aromatic carbocycles. The lowest BCUT2D eigenvalue weighted by atomic mass is 10.1. The number of carbonyl (C=O) groups is 1. The van der Waals surface area contributed by atoms with Crippen molar-refractivity contribution in [2.24, 2.45) is 0 Å². The summed E-state index contributed by atoms with van der Waals surface area (Å²) in [5.41, 5.74) is 0.809. The smallest absolute Gasteiger partial charge is 0.315 e. The second-order valence-electron chi connectivity index (χ2n) is 6.71. The van der Waals surface area contributed by atoms with Crippen LogP contribution in [0.5, 0.6) is 23.0 Å². The van der Waals surface area contributed by atoms with Crippen LogP contribution in [-0.2, 0) is 11.2 Å². The van der Waals surface area contributed by atoms with Crippen molar-refractivity contribution in [3.8, 4) is 23.0 Å². The predicted octanol–water partition coefficient (Wildman–Crippen LogP) is 5.13. The molecule has 156 valence electrons. The molecule has 6 nitrogen and oxygen atoms in total. The Bertz CT molecular complexity index is 1260. The van der Waals surface area contributed by atoms with E-state index < -0.39 is 5.97 Å². The molecule has 0 radical (unpaired) electrons. The van der Waals surface area contributed by atoms with Crippen LogP contribution in [0.1, 0.15) is 12.5 Å². The molecular weight excluding hydrogens is 396 g/mol. The van der Waals surface area contributed by atoms with Crippen molar-refractivity contribution in [2.75, 3.05) is 6.61 Å². The molecule has 0 spiro atoms. The molecule has 0 unspecified atom stereocenters. The van der Waals surface area contributed by atoms with Gasteiger partial charge in [-0.1, -0.05) is 42.5 Å². The number of hydrogen-bond donors (Lipinski definition) is 0. The minimum Gasteiger partial charge on any atom is -0.490 e. The van der Waals surface area contributed by atoms with Crippen LogP contribution in [0.4, 0.5) is 0 Å². The molecule has 4 aromatic rings. The van der Waals surface area contributed by atoms with Gasteiger partial charge in [-0.25, -0.2) is 0 Å². The molecule has 0 saturated carbocycles. The summed E-state index contributed by atoms with van der Waals surface area (Å²) < 4.78 is 22.2. The fourth-order valence-corrected chi connectivity index (χ4v) is 3.08. The summed E-state index contributed by atoms with van der Waals surface area (Å²) >= 11 is 0. The Morgan fingerprint density at radius 2 is 1.65 bits per heavy atom. The molecule has 4 rings (SSSR count). The fraction of sp³-hybridized carbons (Fsp3) is 0.120. The molecule has 0 atom stereocenters. The summed E-state index contributed by atoms with van der Waals surface area (Å²) in [6, 6.07) is 21.0. The Hall–Kier alpha value is -4.06. The molecule has 0 N–H and O–H groups in total. The van der Waals surface area contributed by atoms with Crippen LogP contribution in [0.3, 0.4) is 0 Å². The van der Waals surface area contributed by atoms with Gasteiger partial charge >= 0.3 is 5.97 Å². The maximum atomic E-state index is 12.8. The van der Waals surface area contributed by atoms with Gasteiger partial charge in [0.2, 0.25) is 11.2 Å². The Kier molecular flexibility index (Phi) is 5.98. The lowest BCUT2D eigenvalue weighted by molar-refractivity contribution is -0.133. The molecule has 0 aliphatic heterocycles. The van der Waals surface area contributed by atoms with Crippen molar-refractivity contribution < 1.29 is 23.4 Å². The second kappa shape index (κ2) is 9.17. The zero-order chi connectivity index (χ0) is 21.6. The van der Waals surface area contributed by atoms with Crippen LogP contribution in [0.15, 0.2) is 88.3 Å². The van der Waals surface area contributed by atoms with E-state index in [1.165, 1.54) is 12.3 Å². The minimum absolute atomic E-state index is 0.0356. The molecule has 0 saturated heterocycles. The number of esters is 1. The third-order valence-corrected chi connectivity index (χ3v) is 4.51. The highest BCUT2D eigenvalue weighted by molar-refractivity contribution is 5.81. The Morgan fingerprint density at radius 1 is 0.903 bits per heavy atom. The van der Waals surface area contributed by atoms with Crippen LogP contribution in [0.25, 0.3) is 11.0 Å². The molecule has 0 amide bonds. The van der Waals surface area contributed by atoms with Gasteiger partial charge in [0.1, 0.15) is 17.6 Å². The summed E-state index contributed by atoms with van der Waals surface area (Å²) in [5.74, 6) is 0.883. The van der Waals surface area contributed by atoms with E-state index in [-0.39, 0.29) is 17.6 Å². The van der Waals surface area contributed by atoms with Crippen LogP contribution < -0.4 is 19.6 Å².